The molecule has 4 nitrogen and oxygen atoms in total. The standard InChI is InChI=1S/C11H8ClFN2O2S/c12-7-2-1-6(8(13)3-7)5-18-9-4-14-10(16)11(17)15-9/h1-4H,5H2,(H,14,16)(H,15,17). The van der Waals surface area contributed by atoms with Crippen molar-refractivity contribution in [1.29, 1.82) is 0 Å². The summed E-state index contributed by atoms with van der Waals surface area (Å²) in [6.07, 6.45) is 1.38. The van der Waals surface area contributed by atoms with Gasteiger partial charge in [-0.25, -0.2) is 4.39 Å². The van der Waals surface area contributed by atoms with E-state index in [-0.39, 0.29) is 0 Å². The Morgan fingerprint density at radius 2 is 2.06 bits per heavy atom. The molecule has 2 aromatic rings. The maximum Gasteiger partial charge on any atom is 0.314 e. The highest BCUT2D eigenvalue weighted by Crippen LogP contribution is 2.22. The highest BCUT2D eigenvalue weighted by molar-refractivity contribution is 7.98. The second kappa shape index (κ2) is 5.41. The van der Waals surface area contributed by atoms with Crippen LogP contribution in [0.1, 0.15) is 5.56 Å². The summed E-state index contributed by atoms with van der Waals surface area (Å²) in [6, 6.07) is 4.40. The number of hydrogen-bond acceptors (Lipinski definition) is 3. The normalized spacial score (nSPS) is 10.6. The van der Waals surface area contributed by atoms with Gasteiger partial charge in [-0.15, -0.1) is 11.8 Å². The number of hydrogen-bond donors (Lipinski definition) is 2. The predicted molar refractivity (Wildman–Crippen MR) is 68.7 cm³/mol. The van der Waals surface area contributed by atoms with Crippen molar-refractivity contribution in [2.75, 3.05) is 0 Å². The van der Waals surface area contributed by atoms with Gasteiger partial charge in [-0.05, 0) is 17.7 Å². The Morgan fingerprint density at radius 1 is 1.28 bits per heavy atom. The van der Waals surface area contributed by atoms with Crippen LogP contribution in [0.15, 0.2) is 39.0 Å². The molecule has 0 aliphatic carbocycles. The third kappa shape index (κ3) is 3.02. The molecule has 0 amide bonds. The zero-order valence-corrected chi connectivity index (χ0v) is 10.6. The van der Waals surface area contributed by atoms with Gasteiger partial charge in [0.2, 0.25) is 0 Å². The molecule has 2 N–H and O–H groups in total. The molecule has 94 valence electrons. The summed E-state index contributed by atoms with van der Waals surface area (Å²) in [7, 11) is 0. The van der Waals surface area contributed by atoms with E-state index in [2.05, 4.69) is 9.97 Å². The molecule has 0 saturated carbocycles. The molecular weight excluding hydrogens is 279 g/mol. The lowest BCUT2D eigenvalue weighted by Gasteiger charge is -2.03. The van der Waals surface area contributed by atoms with E-state index in [1.165, 1.54) is 24.0 Å². The minimum absolute atomic E-state index is 0.324. The van der Waals surface area contributed by atoms with Crippen molar-refractivity contribution >= 4 is 23.4 Å². The fourth-order valence-corrected chi connectivity index (χ4v) is 2.28. The van der Waals surface area contributed by atoms with E-state index in [0.29, 0.717) is 21.4 Å². The third-order valence-electron chi connectivity index (χ3n) is 2.18. The SMILES string of the molecule is O=c1[nH]cc(SCc2ccc(Cl)cc2F)[nH]c1=O. The number of thioether (sulfide) groups is 1. The van der Waals surface area contributed by atoms with Crippen molar-refractivity contribution in [3.63, 3.8) is 0 Å². The Kier molecular flexibility index (Phi) is 3.88. The summed E-state index contributed by atoms with van der Waals surface area (Å²) in [5.74, 6) is -0.0767. The summed E-state index contributed by atoms with van der Waals surface area (Å²) in [5.41, 5.74) is -0.968. The molecule has 0 aliphatic heterocycles. The van der Waals surface area contributed by atoms with Gasteiger partial charge in [0.05, 0.1) is 5.03 Å². The first-order valence-corrected chi connectivity index (χ1v) is 6.31. The summed E-state index contributed by atoms with van der Waals surface area (Å²) in [5, 5.41) is 0.799. The lowest BCUT2D eigenvalue weighted by Crippen LogP contribution is -2.28. The van der Waals surface area contributed by atoms with E-state index in [1.807, 2.05) is 0 Å². The first-order chi connectivity index (χ1) is 8.56. The largest absolute Gasteiger partial charge is 0.322 e. The average Bonchev–Trinajstić information content (AvgIpc) is 2.32. The van der Waals surface area contributed by atoms with Crippen LogP contribution in [0, 0.1) is 5.82 Å². The van der Waals surface area contributed by atoms with Gasteiger partial charge >= 0.3 is 11.1 Å². The first kappa shape index (κ1) is 12.9. The third-order valence-corrected chi connectivity index (χ3v) is 3.40. The van der Waals surface area contributed by atoms with Crippen molar-refractivity contribution in [2.24, 2.45) is 0 Å². The van der Waals surface area contributed by atoms with Gasteiger partial charge in [0, 0.05) is 17.0 Å². The van der Waals surface area contributed by atoms with E-state index < -0.39 is 16.9 Å². The molecule has 0 atom stereocenters. The monoisotopic (exact) mass is 286 g/mol. The molecule has 18 heavy (non-hydrogen) atoms. The number of nitrogens with one attached hydrogen (secondary N) is 2. The number of aromatic nitrogens is 2. The molecule has 0 bridgehead atoms. The van der Waals surface area contributed by atoms with Crippen LogP contribution >= 0.6 is 23.4 Å². The summed E-state index contributed by atoms with van der Waals surface area (Å²) in [4.78, 5) is 26.6. The Hall–Kier alpha value is -1.53. The molecule has 1 heterocycles. The molecule has 7 heteroatoms. The first-order valence-electron chi connectivity index (χ1n) is 4.95. The zero-order valence-electron chi connectivity index (χ0n) is 9.00. The quantitative estimate of drug-likeness (QED) is 0.671. The summed E-state index contributed by atoms with van der Waals surface area (Å²) in [6.45, 7) is 0. The van der Waals surface area contributed by atoms with E-state index in [9.17, 15) is 14.0 Å². The van der Waals surface area contributed by atoms with Gasteiger partial charge in [0.25, 0.3) is 0 Å². The van der Waals surface area contributed by atoms with Crippen LogP contribution < -0.4 is 11.1 Å². The molecule has 1 aromatic heterocycles. The number of H-pyrrole nitrogens is 2. The molecule has 0 radical (unpaired) electrons. The molecule has 0 saturated heterocycles. The highest BCUT2D eigenvalue weighted by atomic mass is 35.5. The molecule has 1 aromatic carbocycles. The van der Waals surface area contributed by atoms with Gasteiger partial charge in [-0.1, -0.05) is 17.7 Å². The van der Waals surface area contributed by atoms with Crippen LogP contribution in [0.25, 0.3) is 0 Å². The Bertz CT molecular complexity index is 683. The number of aromatic amines is 2. The number of benzene rings is 1. The van der Waals surface area contributed by atoms with Gasteiger partial charge in [0.15, 0.2) is 0 Å². The van der Waals surface area contributed by atoms with Gasteiger partial charge in [-0.3, -0.25) is 9.59 Å². The second-order valence-electron chi connectivity index (χ2n) is 3.46. The van der Waals surface area contributed by atoms with Crippen molar-refractivity contribution in [2.45, 2.75) is 10.8 Å². The van der Waals surface area contributed by atoms with Crippen LogP contribution in [-0.4, -0.2) is 9.97 Å². The topological polar surface area (TPSA) is 65.7 Å². The van der Waals surface area contributed by atoms with Crippen LogP contribution in [0.5, 0.6) is 0 Å². The maximum atomic E-state index is 13.5. The summed E-state index contributed by atoms with van der Waals surface area (Å²) >= 11 is 6.85. The van der Waals surface area contributed by atoms with Crippen LogP contribution in [0.4, 0.5) is 4.39 Å². The molecule has 0 unspecified atom stereocenters. The Labute approximate surface area is 110 Å². The molecular formula is C11H8ClFN2O2S. The summed E-state index contributed by atoms with van der Waals surface area (Å²) < 4.78 is 13.5. The lowest BCUT2D eigenvalue weighted by molar-refractivity contribution is 0.617. The van der Waals surface area contributed by atoms with E-state index in [4.69, 9.17) is 11.6 Å². The minimum atomic E-state index is -0.725. The minimum Gasteiger partial charge on any atom is -0.322 e. The second-order valence-corrected chi connectivity index (χ2v) is 4.91. The van der Waals surface area contributed by atoms with E-state index >= 15 is 0 Å². The van der Waals surface area contributed by atoms with Crippen molar-refractivity contribution in [3.05, 3.63) is 61.5 Å². The Balaban J connectivity index is 2.13. The molecule has 0 aliphatic rings. The number of halogens is 2. The smallest absolute Gasteiger partial charge is 0.314 e. The van der Waals surface area contributed by atoms with Crippen molar-refractivity contribution < 1.29 is 4.39 Å². The molecule has 2 rings (SSSR count). The zero-order chi connectivity index (χ0) is 13.1. The van der Waals surface area contributed by atoms with E-state index in [0.717, 1.165) is 0 Å². The van der Waals surface area contributed by atoms with Crippen molar-refractivity contribution in [1.82, 2.24) is 9.97 Å². The van der Waals surface area contributed by atoms with Crippen molar-refractivity contribution in [3.8, 4) is 0 Å². The lowest BCUT2D eigenvalue weighted by atomic mass is 10.2. The average molecular weight is 287 g/mol. The predicted octanol–water partition coefficient (Wildman–Crippen LogP) is 2.15. The molecule has 0 spiro atoms. The van der Waals surface area contributed by atoms with Crippen LogP contribution in [0.2, 0.25) is 5.02 Å². The highest BCUT2D eigenvalue weighted by Gasteiger charge is 2.05. The van der Waals surface area contributed by atoms with Gasteiger partial charge < -0.3 is 9.97 Å². The van der Waals surface area contributed by atoms with Gasteiger partial charge in [0.1, 0.15) is 5.82 Å². The Morgan fingerprint density at radius 3 is 2.72 bits per heavy atom. The molecule has 0 fully saturated rings. The van der Waals surface area contributed by atoms with E-state index in [1.54, 1.807) is 12.1 Å². The van der Waals surface area contributed by atoms with Crippen LogP contribution in [-0.2, 0) is 5.75 Å². The maximum absolute atomic E-state index is 13.5. The van der Waals surface area contributed by atoms with Crippen LogP contribution in [0.3, 0.4) is 0 Å². The fraction of sp³-hybridized carbons (Fsp3) is 0.0909. The van der Waals surface area contributed by atoms with Gasteiger partial charge in [-0.2, -0.15) is 0 Å². The fourth-order valence-electron chi connectivity index (χ4n) is 1.27. The number of rotatable bonds is 3.